The number of halogens is 5. The van der Waals surface area contributed by atoms with Gasteiger partial charge in [0.25, 0.3) is 5.91 Å². The van der Waals surface area contributed by atoms with Gasteiger partial charge in [0.05, 0.1) is 11.3 Å². The smallest absolute Gasteiger partial charge is 0.416 e. The van der Waals surface area contributed by atoms with Crippen LogP contribution < -0.4 is 5.32 Å². The Hall–Kier alpha value is -3.34. The minimum atomic E-state index is -4.48. The van der Waals surface area contributed by atoms with Gasteiger partial charge in [-0.25, -0.2) is 18.6 Å². The van der Waals surface area contributed by atoms with Crippen molar-refractivity contribution in [2.45, 2.75) is 26.1 Å². The highest BCUT2D eigenvalue weighted by Crippen LogP contribution is 2.33. The third kappa shape index (κ3) is 5.10. The predicted molar refractivity (Wildman–Crippen MR) is 107 cm³/mol. The molecule has 168 valence electrons. The van der Waals surface area contributed by atoms with Crippen LogP contribution in [-0.2, 0) is 15.7 Å². The minimum absolute atomic E-state index is 0.0385. The molecule has 0 bridgehead atoms. The molecular formula is C21H15F5N2O3S. The zero-order chi connectivity index (χ0) is 23.6. The summed E-state index contributed by atoms with van der Waals surface area (Å²) in [6.45, 7) is 2.72. The fraction of sp³-hybridized carbons (Fsp3) is 0.190. The van der Waals surface area contributed by atoms with E-state index in [1.165, 1.54) is 26.0 Å². The van der Waals surface area contributed by atoms with E-state index in [4.69, 9.17) is 4.74 Å². The van der Waals surface area contributed by atoms with Gasteiger partial charge in [0, 0.05) is 5.56 Å². The SMILES string of the molecule is Cc1nc(-c2ccc(C(F)(F)F)cc2)sc1C(=O)OC(C)C(=O)Nc1c(F)cccc1F. The molecule has 1 atom stereocenters. The number of amides is 1. The lowest BCUT2D eigenvalue weighted by atomic mass is 10.1. The Morgan fingerprint density at radius 2 is 1.66 bits per heavy atom. The number of alkyl halides is 3. The number of carbonyl (C=O) groups excluding carboxylic acids is 2. The molecule has 0 aliphatic heterocycles. The Bertz CT molecular complexity index is 1140. The zero-order valence-electron chi connectivity index (χ0n) is 16.6. The van der Waals surface area contributed by atoms with E-state index in [2.05, 4.69) is 4.98 Å². The summed E-state index contributed by atoms with van der Waals surface area (Å²) < 4.78 is 70.6. The Morgan fingerprint density at radius 3 is 2.22 bits per heavy atom. The highest BCUT2D eigenvalue weighted by Gasteiger charge is 2.30. The van der Waals surface area contributed by atoms with Crippen molar-refractivity contribution in [3.05, 3.63) is 70.2 Å². The van der Waals surface area contributed by atoms with E-state index in [0.29, 0.717) is 5.56 Å². The molecule has 0 spiro atoms. The standard InChI is InChI=1S/C21H15F5N2O3S/c1-10-17(32-19(27-10)12-6-8-13(9-7-12)21(24,25)26)20(30)31-11(2)18(29)28-16-14(22)4-3-5-15(16)23/h3-9,11H,1-2H3,(H,28,29). The first kappa shape index (κ1) is 23.3. The normalized spacial score (nSPS) is 12.3. The number of benzene rings is 2. The van der Waals surface area contributed by atoms with Crippen molar-refractivity contribution >= 4 is 28.9 Å². The fourth-order valence-electron chi connectivity index (χ4n) is 2.62. The number of para-hydroxylation sites is 1. The van der Waals surface area contributed by atoms with Gasteiger partial charge in [0.15, 0.2) is 6.10 Å². The lowest BCUT2D eigenvalue weighted by molar-refractivity contribution is -0.137. The maximum Gasteiger partial charge on any atom is 0.416 e. The van der Waals surface area contributed by atoms with Crippen LogP contribution in [0.1, 0.15) is 27.9 Å². The van der Waals surface area contributed by atoms with Gasteiger partial charge < -0.3 is 10.1 Å². The van der Waals surface area contributed by atoms with E-state index >= 15 is 0 Å². The average Bonchev–Trinajstić information content (AvgIpc) is 3.12. The number of rotatable bonds is 5. The van der Waals surface area contributed by atoms with Crippen LogP contribution in [0, 0.1) is 18.6 Å². The van der Waals surface area contributed by atoms with Crippen molar-refractivity contribution in [3.8, 4) is 10.6 Å². The van der Waals surface area contributed by atoms with Crippen molar-refractivity contribution in [2.75, 3.05) is 5.32 Å². The Labute approximate surface area is 182 Å². The van der Waals surface area contributed by atoms with Gasteiger partial charge in [-0.15, -0.1) is 11.3 Å². The molecule has 1 N–H and O–H groups in total. The maximum absolute atomic E-state index is 13.7. The van der Waals surface area contributed by atoms with Crippen molar-refractivity contribution in [2.24, 2.45) is 0 Å². The third-order valence-corrected chi connectivity index (χ3v) is 5.49. The number of hydrogen-bond donors (Lipinski definition) is 1. The molecule has 0 aliphatic rings. The number of nitrogens with one attached hydrogen (secondary N) is 1. The number of hydrogen-bond acceptors (Lipinski definition) is 5. The summed E-state index contributed by atoms with van der Waals surface area (Å²) in [5.41, 5.74) is -0.868. The Kier molecular flexibility index (Phi) is 6.58. The lowest BCUT2D eigenvalue weighted by Crippen LogP contribution is -2.30. The topological polar surface area (TPSA) is 68.3 Å². The second-order valence-corrected chi connectivity index (χ2v) is 7.64. The molecular weight excluding hydrogens is 455 g/mol. The number of anilines is 1. The molecule has 0 radical (unpaired) electrons. The molecule has 1 amide bonds. The average molecular weight is 470 g/mol. The first-order chi connectivity index (χ1) is 15.0. The summed E-state index contributed by atoms with van der Waals surface area (Å²) in [4.78, 5) is 28.9. The van der Waals surface area contributed by atoms with E-state index in [9.17, 15) is 31.5 Å². The quantitative estimate of drug-likeness (QED) is 0.389. The molecule has 1 heterocycles. The van der Waals surface area contributed by atoms with Crippen LogP contribution in [-0.4, -0.2) is 23.0 Å². The molecule has 5 nitrogen and oxygen atoms in total. The number of thiazole rings is 1. The summed E-state index contributed by atoms with van der Waals surface area (Å²) in [7, 11) is 0. The van der Waals surface area contributed by atoms with E-state index in [0.717, 1.165) is 41.7 Å². The second kappa shape index (κ2) is 9.03. The highest BCUT2D eigenvalue weighted by atomic mass is 32.1. The van der Waals surface area contributed by atoms with Crippen LogP contribution in [0.25, 0.3) is 10.6 Å². The number of aromatic nitrogens is 1. The molecule has 1 unspecified atom stereocenters. The van der Waals surface area contributed by atoms with E-state index in [1.807, 2.05) is 5.32 Å². The number of carbonyl (C=O) groups is 2. The van der Waals surface area contributed by atoms with Gasteiger partial charge in [-0.05, 0) is 38.1 Å². The van der Waals surface area contributed by atoms with Gasteiger partial charge >= 0.3 is 12.1 Å². The van der Waals surface area contributed by atoms with Crippen LogP contribution in [0.5, 0.6) is 0 Å². The molecule has 11 heteroatoms. The Morgan fingerprint density at radius 1 is 1.06 bits per heavy atom. The van der Waals surface area contributed by atoms with Gasteiger partial charge in [0.1, 0.15) is 27.2 Å². The van der Waals surface area contributed by atoms with Gasteiger partial charge in [-0.2, -0.15) is 13.2 Å². The van der Waals surface area contributed by atoms with E-state index < -0.39 is 47.0 Å². The molecule has 2 aromatic carbocycles. The summed E-state index contributed by atoms with van der Waals surface area (Å²) in [6, 6.07) is 7.31. The number of nitrogens with zero attached hydrogens (tertiary/aromatic N) is 1. The van der Waals surface area contributed by atoms with Crippen molar-refractivity contribution in [3.63, 3.8) is 0 Å². The molecule has 3 aromatic rings. The molecule has 3 rings (SSSR count). The summed E-state index contributed by atoms with van der Waals surface area (Å²) in [5.74, 6) is -3.84. The van der Waals surface area contributed by atoms with Crippen LogP contribution in [0.15, 0.2) is 42.5 Å². The largest absolute Gasteiger partial charge is 0.448 e. The third-order valence-electron chi connectivity index (χ3n) is 4.31. The van der Waals surface area contributed by atoms with Crippen LogP contribution >= 0.6 is 11.3 Å². The zero-order valence-corrected chi connectivity index (χ0v) is 17.4. The minimum Gasteiger partial charge on any atom is -0.448 e. The summed E-state index contributed by atoms with van der Waals surface area (Å²) in [5, 5.41) is 2.31. The van der Waals surface area contributed by atoms with Crippen molar-refractivity contribution in [1.82, 2.24) is 4.98 Å². The van der Waals surface area contributed by atoms with Gasteiger partial charge in [-0.1, -0.05) is 18.2 Å². The lowest BCUT2D eigenvalue weighted by Gasteiger charge is -2.14. The number of aryl methyl sites for hydroxylation is 1. The molecule has 1 aromatic heterocycles. The van der Waals surface area contributed by atoms with Crippen molar-refractivity contribution < 1.29 is 36.3 Å². The monoisotopic (exact) mass is 470 g/mol. The number of ether oxygens (including phenoxy) is 1. The molecule has 32 heavy (non-hydrogen) atoms. The molecule has 0 saturated heterocycles. The first-order valence-corrected chi connectivity index (χ1v) is 9.90. The first-order valence-electron chi connectivity index (χ1n) is 9.08. The molecule has 0 saturated carbocycles. The predicted octanol–water partition coefficient (Wildman–Crippen LogP) is 5.60. The van der Waals surface area contributed by atoms with E-state index in [1.54, 1.807) is 0 Å². The van der Waals surface area contributed by atoms with E-state index in [-0.39, 0.29) is 15.6 Å². The summed E-state index contributed by atoms with van der Waals surface area (Å²) >= 11 is 0.878. The van der Waals surface area contributed by atoms with Crippen LogP contribution in [0.2, 0.25) is 0 Å². The second-order valence-electron chi connectivity index (χ2n) is 6.64. The van der Waals surface area contributed by atoms with Crippen LogP contribution in [0.4, 0.5) is 27.6 Å². The molecule has 0 aliphatic carbocycles. The van der Waals surface area contributed by atoms with Crippen LogP contribution in [0.3, 0.4) is 0 Å². The molecule has 0 fully saturated rings. The van der Waals surface area contributed by atoms with Gasteiger partial charge in [-0.3, -0.25) is 4.79 Å². The number of esters is 1. The highest BCUT2D eigenvalue weighted by molar-refractivity contribution is 7.17. The maximum atomic E-state index is 13.7. The van der Waals surface area contributed by atoms with Gasteiger partial charge in [0.2, 0.25) is 0 Å². The fourth-order valence-corrected chi connectivity index (χ4v) is 3.58. The Balaban J connectivity index is 1.71. The summed E-state index contributed by atoms with van der Waals surface area (Å²) in [6.07, 6.45) is -5.87. The van der Waals surface area contributed by atoms with Crippen molar-refractivity contribution in [1.29, 1.82) is 0 Å².